The first-order valence-corrected chi connectivity index (χ1v) is 6.98. The molecule has 0 amide bonds. The summed E-state index contributed by atoms with van der Waals surface area (Å²) in [6, 6.07) is 12.5. The second-order valence-electron chi connectivity index (χ2n) is 5.39. The number of hydrogen-bond donors (Lipinski definition) is 1. The van der Waals surface area contributed by atoms with Crippen molar-refractivity contribution in [3.05, 3.63) is 53.3 Å². The van der Waals surface area contributed by atoms with E-state index < -0.39 is 6.10 Å². The van der Waals surface area contributed by atoms with Gasteiger partial charge in [-0.15, -0.1) is 0 Å². The zero-order valence-electron chi connectivity index (χ0n) is 11.5. The maximum atomic E-state index is 10.6. The summed E-state index contributed by atoms with van der Waals surface area (Å²) in [5, 5.41) is 15.0. The molecule has 1 aromatic carbocycles. The van der Waals surface area contributed by atoms with Crippen LogP contribution in [0, 0.1) is 12.8 Å². The van der Waals surface area contributed by atoms with Crippen LogP contribution >= 0.6 is 0 Å². The van der Waals surface area contributed by atoms with E-state index in [1.54, 1.807) is 0 Å². The molecule has 1 heterocycles. The Bertz CT molecular complexity index is 561. The second kappa shape index (κ2) is 4.82. The van der Waals surface area contributed by atoms with Crippen molar-refractivity contribution in [1.82, 2.24) is 9.78 Å². The zero-order valence-corrected chi connectivity index (χ0v) is 11.5. The number of aryl methyl sites for hydroxylation is 2. The highest BCUT2D eigenvalue weighted by Gasteiger charge is 2.44. The molecular weight excluding hydrogens is 236 g/mol. The topological polar surface area (TPSA) is 38.0 Å². The van der Waals surface area contributed by atoms with E-state index >= 15 is 0 Å². The Balaban J connectivity index is 1.78. The van der Waals surface area contributed by atoms with Crippen LogP contribution in [0.4, 0.5) is 0 Å². The molecule has 1 aliphatic carbocycles. The van der Waals surface area contributed by atoms with Crippen molar-refractivity contribution in [2.24, 2.45) is 5.92 Å². The number of nitrogens with zero attached hydrogens (tertiary/aromatic N) is 2. The lowest BCUT2D eigenvalue weighted by molar-refractivity contribution is 0.140. The monoisotopic (exact) mass is 256 g/mol. The van der Waals surface area contributed by atoms with E-state index in [9.17, 15) is 5.11 Å². The van der Waals surface area contributed by atoms with Crippen molar-refractivity contribution in [2.45, 2.75) is 38.8 Å². The Kier molecular flexibility index (Phi) is 3.15. The van der Waals surface area contributed by atoms with Gasteiger partial charge in [-0.05, 0) is 43.7 Å². The Morgan fingerprint density at radius 3 is 2.79 bits per heavy atom. The molecule has 3 unspecified atom stereocenters. The molecule has 3 nitrogen and oxygen atoms in total. The first kappa shape index (κ1) is 12.4. The summed E-state index contributed by atoms with van der Waals surface area (Å²) < 4.78 is 1.92. The fourth-order valence-corrected chi connectivity index (χ4v) is 2.92. The van der Waals surface area contributed by atoms with Crippen LogP contribution in [0.15, 0.2) is 36.4 Å². The number of aliphatic hydroxyl groups is 1. The molecule has 0 aliphatic heterocycles. The molecule has 1 fully saturated rings. The number of aliphatic hydroxyl groups excluding tert-OH is 1. The highest BCUT2D eigenvalue weighted by atomic mass is 16.3. The first-order valence-electron chi connectivity index (χ1n) is 6.98. The summed E-state index contributed by atoms with van der Waals surface area (Å²) in [6.07, 6.45) is 0.672. The third-order valence-electron chi connectivity index (χ3n) is 4.01. The molecule has 1 N–H and O–H groups in total. The van der Waals surface area contributed by atoms with Gasteiger partial charge in [0.15, 0.2) is 0 Å². The van der Waals surface area contributed by atoms with Crippen LogP contribution in [-0.4, -0.2) is 14.9 Å². The van der Waals surface area contributed by atoms with Crippen molar-refractivity contribution in [1.29, 1.82) is 0 Å². The first-order chi connectivity index (χ1) is 9.20. The lowest BCUT2D eigenvalue weighted by Crippen LogP contribution is -2.10. The van der Waals surface area contributed by atoms with E-state index in [1.807, 2.05) is 23.7 Å². The van der Waals surface area contributed by atoms with Gasteiger partial charge in [0.1, 0.15) is 0 Å². The van der Waals surface area contributed by atoms with Gasteiger partial charge >= 0.3 is 0 Å². The quantitative estimate of drug-likeness (QED) is 0.913. The van der Waals surface area contributed by atoms with Gasteiger partial charge in [0.2, 0.25) is 0 Å². The Morgan fingerprint density at radius 2 is 2.11 bits per heavy atom. The van der Waals surface area contributed by atoms with Crippen LogP contribution in [0.3, 0.4) is 0 Å². The number of hydrogen-bond acceptors (Lipinski definition) is 2. The van der Waals surface area contributed by atoms with Crippen molar-refractivity contribution in [3.63, 3.8) is 0 Å². The molecular formula is C16H20N2O. The van der Waals surface area contributed by atoms with Crippen molar-refractivity contribution >= 4 is 0 Å². The molecule has 0 saturated heterocycles. The lowest BCUT2D eigenvalue weighted by atomic mass is 10.0. The minimum atomic E-state index is -0.397. The van der Waals surface area contributed by atoms with Crippen LogP contribution in [0.25, 0.3) is 0 Å². The van der Waals surface area contributed by atoms with Gasteiger partial charge in [0, 0.05) is 6.54 Å². The number of aromatic nitrogens is 2. The zero-order chi connectivity index (χ0) is 13.4. The lowest BCUT2D eigenvalue weighted by Gasteiger charge is -2.12. The predicted octanol–water partition coefficient (Wildman–Crippen LogP) is 3.05. The molecule has 19 heavy (non-hydrogen) atoms. The summed E-state index contributed by atoms with van der Waals surface area (Å²) in [5.74, 6) is 0.834. The normalized spacial score (nSPS) is 23.3. The van der Waals surface area contributed by atoms with E-state index in [0.29, 0.717) is 11.8 Å². The SMILES string of the molecule is CCn1nc(C)cc1C(O)C1CC1c1ccccc1. The molecule has 1 aliphatic rings. The largest absolute Gasteiger partial charge is 0.387 e. The highest BCUT2D eigenvalue weighted by Crippen LogP contribution is 2.53. The van der Waals surface area contributed by atoms with Gasteiger partial charge in [0.25, 0.3) is 0 Å². The van der Waals surface area contributed by atoms with Gasteiger partial charge in [0.05, 0.1) is 17.5 Å². The summed E-state index contributed by atoms with van der Waals surface area (Å²) >= 11 is 0. The fraction of sp³-hybridized carbons (Fsp3) is 0.438. The molecule has 2 aromatic rings. The van der Waals surface area contributed by atoms with Crippen LogP contribution < -0.4 is 0 Å². The van der Waals surface area contributed by atoms with E-state index in [-0.39, 0.29) is 0 Å². The van der Waals surface area contributed by atoms with Crippen molar-refractivity contribution in [3.8, 4) is 0 Å². The summed E-state index contributed by atoms with van der Waals surface area (Å²) in [5.41, 5.74) is 3.28. The molecule has 100 valence electrons. The average molecular weight is 256 g/mol. The van der Waals surface area contributed by atoms with Gasteiger partial charge < -0.3 is 5.11 Å². The van der Waals surface area contributed by atoms with Crippen LogP contribution in [0.2, 0.25) is 0 Å². The minimum absolute atomic E-state index is 0.337. The Morgan fingerprint density at radius 1 is 1.37 bits per heavy atom. The molecule has 3 heteroatoms. The Labute approximate surface area is 113 Å². The van der Waals surface area contributed by atoms with E-state index in [0.717, 1.165) is 24.4 Å². The van der Waals surface area contributed by atoms with Gasteiger partial charge in [-0.2, -0.15) is 5.10 Å². The fourth-order valence-electron chi connectivity index (χ4n) is 2.92. The van der Waals surface area contributed by atoms with Crippen LogP contribution in [0.1, 0.15) is 42.3 Å². The molecule has 0 spiro atoms. The van der Waals surface area contributed by atoms with Crippen LogP contribution in [-0.2, 0) is 6.54 Å². The third-order valence-corrected chi connectivity index (χ3v) is 4.01. The summed E-state index contributed by atoms with van der Waals surface area (Å²) in [4.78, 5) is 0. The van der Waals surface area contributed by atoms with E-state index in [4.69, 9.17) is 0 Å². The number of benzene rings is 1. The maximum Gasteiger partial charge on any atom is 0.0990 e. The average Bonchev–Trinajstić information content (AvgIpc) is 3.15. The molecule has 1 saturated carbocycles. The van der Waals surface area contributed by atoms with E-state index in [2.05, 4.69) is 36.3 Å². The van der Waals surface area contributed by atoms with E-state index in [1.165, 1.54) is 5.56 Å². The van der Waals surface area contributed by atoms with Crippen molar-refractivity contribution < 1.29 is 5.11 Å². The molecule has 3 rings (SSSR count). The second-order valence-corrected chi connectivity index (χ2v) is 5.39. The summed E-state index contributed by atoms with van der Waals surface area (Å²) in [7, 11) is 0. The predicted molar refractivity (Wildman–Crippen MR) is 74.9 cm³/mol. The number of rotatable bonds is 4. The Hall–Kier alpha value is -1.61. The van der Waals surface area contributed by atoms with Gasteiger partial charge in [-0.25, -0.2) is 0 Å². The summed E-state index contributed by atoms with van der Waals surface area (Å²) in [6.45, 7) is 4.84. The van der Waals surface area contributed by atoms with Crippen molar-refractivity contribution in [2.75, 3.05) is 0 Å². The maximum absolute atomic E-state index is 10.6. The third kappa shape index (κ3) is 2.30. The highest BCUT2D eigenvalue weighted by molar-refractivity contribution is 5.28. The smallest absolute Gasteiger partial charge is 0.0990 e. The van der Waals surface area contributed by atoms with Crippen LogP contribution in [0.5, 0.6) is 0 Å². The molecule has 1 aromatic heterocycles. The molecule has 0 radical (unpaired) electrons. The van der Waals surface area contributed by atoms with Gasteiger partial charge in [-0.3, -0.25) is 4.68 Å². The molecule has 0 bridgehead atoms. The standard InChI is InChI=1S/C16H20N2O/c1-3-18-15(9-11(2)17-18)16(19)14-10-13(14)12-7-5-4-6-8-12/h4-9,13-14,16,19H,3,10H2,1-2H3. The minimum Gasteiger partial charge on any atom is -0.387 e. The van der Waals surface area contributed by atoms with Gasteiger partial charge in [-0.1, -0.05) is 30.3 Å². The molecule has 3 atom stereocenters.